The van der Waals surface area contributed by atoms with Crippen molar-refractivity contribution >= 4 is 55.5 Å². The van der Waals surface area contributed by atoms with Gasteiger partial charge >= 0.3 is 0 Å². The summed E-state index contributed by atoms with van der Waals surface area (Å²) in [5.74, 6) is 1.66. The van der Waals surface area contributed by atoms with E-state index in [2.05, 4.69) is 12.1 Å². The zero-order valence-electron chi connectivity index (χ0n) is 20.4. The topological polar surface area (TPSA) is 65.0 Å². The fourth-order valence-corrected chi connectivity index (χ4v) is 5.33. The highest BCUT2D eigenvalue weighted by Gasteiger charge is 2.18. The molecule has 0 atom stereocenters. The van der Waals surface area contributed by atoms with Crippen molar-refractivity contribution in [2.24, 2.45) is 0 Å². The lowest BCUT2D eigenvalue weighted by Crippen LogP contribution is -2.00. The molecule has 5 nitrogen and oxygen atoms in total. The maximum atomic E-state index is 6.30. The van der Waals surface area contributed by atoms with E-state index in [4.69, 9.17) is 35.4 Å². The average molecular weight is 524 g/mol. The number of hydrogen-bond acceptors (Lipinski definition) is 5. The Kier molecular flexibility index (Phi) is 4.81. The highest BCUT2D eigenvalue weighted by molar-refractivity contribution is 6.31. The van der Waals surface area contributed by atoms with Gasteiger partial charge in [-0.3, -0.25) is 0 Å². The fourth-order valence-electron chi connectivity index (χ4n) is 5.15. The van der Waals surface area contributed by atoms with Crippen molar-refractivity contribution in [1.29, 1.82) is 0 Å². The summed E-state index contributed by atoms with van der Waals surface area (Å²) in [5, 5.41) is 4.70. The van der Waals surface area contributed by atoms with Crippen molar-refractivity contribution in [1.82, 2.24) is 15.0 Å². The van der Waals surface area contributed by atoms with Crippen molar-refractivity contribution < 1.29 is 8.83 Å². The summed E-state index contributed by atoms with van der Waals surface area (Å²) in [5.41, 5.74) is 5.62. The van der Waals surface area contributed by atoms with Gasteiger partial charge in [0.05, 0.1) is 5.56 Å². The van der Waals surface area contributed by atoms with Gasteiger partial charge in [0.25, 0.3) is 0 Å². The average Bonchev–Trinajstić information content (AvgIpc) is 3.55. The van der Waals surface area contributed by atoms with E-state index in [1.165, 1.54) is 0 Å². The lowest BCUT2D eigenvalue weighted by Gasteiger charge is -2.08. The normalized spacial score (nSPS) is 11.7. The number of fused-ring (bicyclic) bond motifs is 6. The Morgan fingerprint density at radius 2 is 1.18 bits per heavy atom. The summed E-state index contributed by atoms with van der Waals surface area (Å²) in [4.78, 5) is 14.7. The van der Waals surface area contributed by atoms with Crippen LogP contribution in [0.25, 0.3) is 78.0 Å². The minimum atomic E-state index is 0.527. The Bertz CT molecular complexity index is 2200. The third-order valence-electron chi connectivity index (χ3n) is 7.00. The maximum absolute atomic E-state index is 6.30. The van der Waals surface area contributed by atoms with Crippen LogP contribution in [-0.4, -0.2) is 15.0 Å². The molecule has 0 spiro atoms. The number of hydrogen-bond donors (Lipinski definition) is 0. The molecule has 0 aliphatic heterocycles. The highest BCUT2D eigenvalue weighted by atomic mass is 35.5. The first kappa shape index (κ1) is 22.0. The number of aromatic nitrogens is 3. The predicted molar refractivity (Wildman–Crippen MR) is 156 cm³/mol. The highest BCUT2D eigenvalue weighted by Crippen LogP contribution is 2.37. The summed E-state index contributed by atoms with van der Waals surface area (Å²) in [6.45, 7) is 0. The molecule has 0 aliphatic carbocycles. The van der Waals surface area contributed by atoms with Gasteiger partial charge in [-0.15, -0.1) is 0 Å². The molecule has 0 fully saturated rings. The minimum Gasteiger partial charge on any atom is -0.456 e. The van der Waals surface area contributed by atoms with Crippen LogP contribution in [0.2, 0.25) is 5.02 Å². The van der Waals surface area contributed by atoms with E-state index in [9.17, 15) is 0 Å². The van der Waals surface area contributed by atoms with Gasteiger partial charge in [0.1, 0.15) is 22.3 Å². The second-order valence-corrected chi connectivity index (χ2v) is 9.84. The molecule has 0 bridgehead atoms. The number of nitrogens with zero attached hydrogens (tertiary/aromatic N) is 3. The molecule has 8 aromatic rings. The molecule has 8 rings (SSSR count). The van der Waals surface area contributed by atoms with Gasteiger partial charge in [-0.2, -0.15) is 0 Å². The van der Waals surface area contributed by atoms with Gasteiger partial charge in [-0.1, -0.05) is 78.3 Å². The Morgan fingerprint density at radius 3 is 2.08 bits per heavy atom. The predicted octanol–water partition coefficient (Wildman–Crippen LogP) is 9.32. The summed E-state index contributed by atoms with van der Waals surface area (Å²) in [6.07, 6.45) is 0. The Hall–Kier alpha value is -5.00. The molecule has 0 aliphatic rings. The molecule has 3 aromatic heterocycles. The summed E-state index contributed by atoms with van der Waals surface area (Å²) < 4.78 is 12.4. The van der Waals surface area contributed by atoms with Crippen molar-refractivity contribution in [2.45, 2.75) is 0 Å². The molecular weight excluding hydrogens is 506 g/mol. The molecular formula is C33H18ClN3O2. The largest absolute Gasteiger partial charge is 0.456 e. The van der Waals surface area contributed by atoms with E-state index in [1.54, 1.807) is 0 Å². The summed E-state index contributed by atoms with van der Waals surface area (Å²) >= 11 is 6.29. The first-order chi connectivity index (χ1) is 19.2. The van der Waals surface area contributed by atoms with E-state index in [-0.39, 0.29) is 0 Å². The van der Waals surface area contributed by atoms with Gasteiger partial charge in [-0.05, 0) is 42.5 Å². The third kappa shape index (κ3) is 3.59. The Balaban J connectivity index is 1.37. The smallest absolute Gasteiger partial charge is 0.167 e. The number of para-hydroxylation sites is 2. The van der Waals surface area contributed by atoms with Gasteiger partial charge in [-0.25, -0.2) is 15.0 Å². The molecule has 0 radical (unpaired) electrons. The van der Waals surface area contributed by atoms with Crippen LogP contribution in [0.4, 0.5) is 0 Å². The fraction of sp³-hybridized carbons (Fsp3) is 0. The van der Waals surface area contributed by atoms with Gasteiger partial charge in [0, 0.05) is 37.7 Å². The molecule has 0 saturated carbocycles. The monoisotopic (exact) mass is 523 g/mol. The van der Waals surface area contributed by atoms with Crippen LogP contribution in [0.15, 0.2) is 118 Å². The first-order valence-electron chi connectivity index (χ1n) is 12.6. The lowest BCUT2D eigenvalue weighted by molar-refractivity contribution is 0.668. The molecule has 0 amide bonds. The van der Waals surface area contributed by atoms with E-state index < -0.39 is 0 Å². The second kappa shape index (κ2) is 8.51. The zero-order valence-corrected chi connectivity index (χ0v) is 21.2. The standard InChI is InChI=1S/C33H18ClN3O2/c34-21-14-16-28-26(18-21)24-10-6-11-25(30(24)39-28)33-36-31(19-7-2-1-3-8-19)35-32(37-33)20-13-15-23-22-9-4-5-12-27(22)38-29(23)17-20/h1-18H. The summed E-state index contributed by atoms with van der Waals surface area (Å²) in [6, 6.07) is 35.7. The van der Waals surface area contributed by atoms with Crippen LogP contribution in [0, 0.1) is 0 Å². The molecule has 0 saturated heterocycles. The first-order valence-corrected chi connectivity index (χ1v) is 12.9. The van der Waals surface area contributed by atoms with Crippen LogP contribution in [-0.2, 0) is 0 Å². The van der Waals surface area contributed by atoms with Crippen molar-refractivity contribution in [3.8, 4) is 34.2 Å². The number of furan rings is 2. The third-order valence-corrected chi connectivity index (χ3v) is 7.24. The molecule has 184 valence electrons. The van der Waals surface area contributed by atoms with Crippen molar-refractivity contribution in [2.75, 3.05) is 0 Å². The molecule has 6 heteroatoms. The number of rotatable bonds is 3. The Morgan fingerprint density at radius 1 is 0.462 bits per heavy atom. The zero-order chi connectivity index (χ0) is 25.9. The van der Waals surface area contributed by atoms with Crippen molar-refractivity contribution in [3.05, 3.63) is 114 Å². The van der Waals surface area contributed by atoms with Crippen LogP contribution in [0.5, 0.6) is 0 Å². The molecule has 3 heterocycles. The van der Waals surface area contributed by atoms with E-state index in [1.807, 2.05) is 97.1 Å². The number of benzene rings is 5. The van der Waals surface area contributed by atoms with Crippen LogP contribution >= 0.6 is 11.6 Å². The SMILES string of the molecule is Clc1ccc2oc3c(-c4nc(-c5ccccc5)nc(-c5ccc6c(c5)oc5ccccc56)n4)cccc3c2c1. The van der Waals surface area contributed by atoms with E-state index in [0.717, 1.165) is 55.0 Å². The quantitative estimate of drug-likeness (QED) is 0.231. The van der Waals surface area contributed by atoms with Gasteiger partial charge < -0.3 is 8.83 Å². The van der Waals surface area contributed by atoms with Gasteiger partial charge in [0.2, 0.25) is 0 Å². The van der Waals surface area contributed by atoms with E-state index in [0.29, 0.717) is 28.1 Å². The molecule has 0 unspecified atom stereocenters. The molecule has 39 heavy (non-hydrogen) atoms. The van der Waals surface area contributed by atoms with Gasteiger partial charge in [0.15, 0.2) is 17.5 Å². The second-order valence-electron chi connectivity index (χ2n) is 9.41. The van der Waals surface area contributed by atoms with Crippen LogP contribution in [0.1, 0.15) is 0 Å². The van der Waals surface area contributed by atoms with Crippen LogP contribution < -0.4 is 0 Å². The number of halogens is 1. The molecule has 5 aromatic carbocycles. The van der Waals surface area contributed by atoms with E-state index >= 15 is 0 Å². The minimum absolute atomic E-state index is 0.527. The maximum Gasteiger partial charge on any atom is 0.167 e. The summed E-state index contributed by atoms with van der Waals surface area (Å²) in [7, 11) is 0. The Labute approximate surface area is 227 Å². The lowest BCUT2D eigenvalue weighted by atomic mass is 10.1. The molecule has 0 N–H and O–H groups in total. The van der Waals surface area contributed by atoms with Crippen LogP contribution in [0.3, 0.4) is 0 Å². The van der Waals surface area contributed by atoms with Crippen molar-refractivity contribution in [3.63, 3.8) is 0 Å².